The highest BCUT2D eigenvalue weighted by atomic mass is 16.1. The molecule has 0 aromatic carbocycles. The third-order valence-corrected chi connectivity index (χ3v) is 3.00. The van der Waals surface area contributed by atoms with Gasteiger partial charge in [0.15, 0.2) is 5.78 Å². The number of aryl methyl sites for hydroxylation is 1. The zero-order valence-electron chi connectivity index (χ0n) is 9.65. The first-order chi connectivity index (χ1) is 7.75. The zero-order valence-corrected chi connectivity index (χ0v) is 9.65. The summed E-state index contributed by atoms with van der Waals surface area (Å²) >= 11 is 0. The molecule has 0 unspecified atom stereocenters. The van der Waals surface area contributed by atoms with Gasteiger partial charge in [0.2, 0.25) is 0 Å². The maximum absolute atomic E-state index is 11.8. The fourth-order valence-electron chi connectivity index (χ4n) is 2.06. The van der Waals surface area contributed by atoms with Crippen LogP contribution in [0.2, 0.25) is 0 Å². The van der Waals surface area contributed by atoms with Gasteiger partial charge in [0.05, 0.1) is 6.42 Å². The number of rotatable bonds is 3. The van der Waals surface area contributed by atoms with E-state index in [0.717, 1.165) is 18.7 Å². The molecule has 1 aromatic rings. The van der Waals surface area contributed by atoms with Crippen molar-refractivity contribution in [1.29, 1.82) is 0 Å². The number of allylic oxidation sites excluding steroid dienone is 2. The minimum atomic E-state index is 0.146. The lowest BCUT2D eigenvalue weighted by Gasteiger charge is -2.12. The molecular weight excluding hydrogens is 202 g/mol. The summed E-state index contributed by atoms with van der Waals surface area (Å²) in [5.41, 5.74) is 1.30. The molecule has 0 saturated heterocycles. The Bertz CT molecular complexity index is 398. The SMILES string of the molecule is Cn1ncnc1CC(=O)C=C1CCCCC1. The van der Waals surface area contributed by atoms with Crippen LogP contribution in [0.4, 0.5) is 0 Å². The topological polar surface area (TPSA) is 47.8 Å². The van der Waals surface area contributed by atoms with Gasteiger partial charge < -0.3 is 0 Å². The Morgan fingerprint density at radius 1 is 1.44 bits per heavy atom. The monoisotopic (exact) mass is 219 g/mol. The molecule has 1 aliphatic carbocycles. The van der Waals surface area contributed by atoms with Crippen LogP contribution < -0.4 is 0 Å². The summed E-state index contributed by atoms with van der Waals surface area (Å²) in [5.74, 6) is 0.880. The minimum absolute atomic E-state index is 0.146. The molecule has 1 aromatic heterocycles. The molecule has 1 fully saturated rings. The van der Waals surface area contributed by atoms with Gasteiger partial charge in [0.1, 0.15) is 12.2 Å². The molecule has 0 bridgehead atoms. The van der Waals surface area contributed by atoms with E-state index in [4.69, 9.17) is 0 Å². The summed E-state index contributed by atoms with van der Waals surface area (Å²) in [6, 6.07) is 0. The van der Waals surface area contributed by atoms with Gasteiger partial charge in [-0.15, -0.1) is 0 Å². The maximum Gasteiger partial charge on any atom is 0.163 e. The lowest BCUT2D eigenvalue weighted by Crippen LogP contribution is -2.07. The van der Waals surface area contributed by atoms with Crippen LogP contribution in [0.5, 0.6) is 0 Å². The van der Waals surface area contributed by atoms with Gasteiger partial charge in [-0.05, 0) is 31.8 Å². The molecule has 86 valence electrons. The smallest absolute Gasteiger partial charge is 0.163 e. The first-order valence-corrected chi connectivity index (χ1v) is 5.81. The van der Waals surface area contributed by atoms with Crippen molar-refractivity contribution in [3.63, 3.8) is 0 Å². The third kappa shape index (κ3) is 2.78. The maximum atomic E-state index is 11.8. The number of hydrogen-bond acceptors (Lipinski definition) is 3. The highest BCUT2D eigenvalue weighted by molar-refractivity contribution is 5.91. The highest BCUT2D eigenvalue weighted by Gasteiger charge is 2.10. The van der Waals surface area contributed by atoms with E-state index in [9.17, 15) is 4.79 Å². The van der Waals surface area contributed by atoms with Crippen LogP contribution in [0.25, 0.3) is 0 Å². The molecule has 0 N–H and O–H groups in total. The number of aromatic nitrogens is 3. The van der Waals surface area contributed by atoms with Gasteiger partial charge in [-0.3, -0.25) is 9.48 Å². The van der Waals surface area contributed by atoms with Crippen molar-refractivity contribution >= 4 is 5.78 Å². The van der Waals surface area contributed by atoms with E-state index in [2.05, 4.69) is 10.1 Å². The van der Waals surface area contributed by atoms with E-state index >= 15 is 0 Å². The molecule has 16 heavy (non-hydrogen) atoms. The molecule has 0 spiro atoms. The van der Waals surface area contributed by atoms with Crippen molar-refractivity contribution < 1.29 is 4.79 Å². The summed E-state index contributed by atoms with van der Waals surface area (Å²) in [4.78, 5) is 15.8. The van der Waals surface area contributed by atoms with Crippen LogP contribution in [0, 0.1) is 0 Å². The van der Waals surface area contributed by atoms with Gasteiger partial charge in [-0.2, -0.15) is 5.10 Å². The van der Waals surface area contributed by atoms with Gasteiger partial charge in [0.25, 0.3) is 0 Å². The predicted octanol–water partition coefficient (Wildman–Crippen LogP) is 1.82. The number of ketones is 1. The van der Waals surface area contributed by atoms with Crippen molar-refractivity contribution in [2.45, 2.75) is 38.5 Å². The number of carbonyl (C=O) groups is 1. The molecule has 1 heterocycles. The normalized spacial score (nSPS) is 16.2. The Balaban J connectivity index is 1.95. The predicted molar refractivity (Wildman–Crippen MR) is 60.9 cm³/mol. The molecule has 1 aliphatic rings. The van der Waals surface area contributed by atoms with E-state index in [1.807, 2.05) is 13.1 Å². The first kappa shape index (κ1) is 11.0. The summed E-state index contributed by atoms with van der Waals surface area (Å²) in [6.07, 6.45) is 9.58. The van der Waals surface area contributed by atoms with E-state index in [1.54, 1.807) is 4.68 Å². The van der Waals surface area contributed by atoms with Crippen LogP contribution in [-0.4, -0.2) is 20.5 Å². The first-order valence-electron chi connectivity index (χ1n) is 5.81. The lowest BCUT2D eigenvalue weighted by molar-refractivity contribution is -0.114. The Labute approximate surface area is 95.4 Å². The number of nitrogens with zero attached hydrogens (tertiary/aromatic N) is 3. The van der Waals surface area contributed by atoms with Crippen molar-refractivity contribution in [2.24, 2.45) is 7.05 Å². The van der Waals surface area contributed by atoms with E-state index in [-0.39, 0.29) is 5.78 Å². The minimum Gasteiger partial charge on any atom is -0.294 e. The van der Waals surface area contributed by atoms with E-state index in [0.29, 0.717) is 6.42 Å². The fourth-order valence-corrected chi connectivity index (χ4v) is 2.06. The average molecular weight is 219 g/mol. The second kappa shape index (κ2) is 5.05. The van der Waals surface area contributed by atoms with Crippen molar-refractivity contribution in [3.05, 3.63) is 23.8 Å². The van der Waals surface area contributed by atoms with Crippen LogP contribution in [0.3, 0.4) is 0 Å². The fraction of sp³-hybridized carbons (Fsp3) is 0.583. The highest BCUT2D eigenvalue weighted by Crippen LogP contribution is 2.22. The Kier molecular flexibility index (Phi) is 3.49. The molecule has 0 radical (unpaired) electrons. The molecule has 2 rings (SSSR count). The molecular formula is C12H17N3O. The molecule has 0 amide bonds. The Morgan fingerprint density at radius 3 is 2.81 bits per heavy atom. The van der Waals surface area contributed by atoms with E-state index < -0.39 is 0 Å². The molecule has 4 heteroatoms. The van der Waals surface area contributed by atoms with Gasteiger partial charge in [-0.25, -0.2) is 4.98 Å². The summed E-state index contributed by atoms with van der Waals surface area (Å²) in [7, 11) is 1.81. The second-order valence-corrected chi connectivity index (χ2v) is 4.31. The zero-order chi connectivity index (χ0) is 11.4. The standard InChI is InChI=1S/C12H17N3O/c1-15-12(13-9-14-15)8-11(16)7-10-5-3-2-4-6-10/h7,9H,2-6,8H2,1H3. The van der Waals surface area contributed by atoms with Crippen molar-refractivity contribution in [3.8, 4) is 0 Å². The Morgan fingerprint density at radius 2 is 2.19 bits per heavy atom. The van der Waals surface area contributed by atoms with Gasteiger partial charge >= 0.3 is 0 Å². The van der Waals surface area contributed by atoms with Crippen molar-refractivity contribution in [2.75, 3.05) is 0 Å². The molecule has 4 nitrogen and oxygen atoms in total. The van der Waals surface area contributed by atoms with Crippen LogP contribution in [0.15, 0.2) is 18.0 Å². The van der Waals surface area contributed by atoms with Gasteiger partial charge in [0, 0.05) is 7.05 Å². The average Bonchev–Trinajstić information content (AvgIpc) is 2.66. The molecule has 0 aliphatic heterocycles. The van der Waals surface area contributed by atoms with Gasteiger partial charge in [-0.1, -0.05) is 12.0 Å². The number of carbonyl (C=O) groups excluding carboxylic acids is 1. The summed E-state index contributed by atoms with van der Waals surface area (Å²) < 4.78 is 1.65. The van der Waals surface area contributed by atoms with Crippen LogP contribution in [0.1, 0.15) is 37.9 Å². The summed E-state index contributed by atoms with van der Waals surface area (Å²) in [5, 5.41) is 3.95. The van der Waals surface area contributed by atoms with Crippen LogP contribution >= 0.6 is 0 Å². The quantitative estimate of drug-likeness (QED) is 0.728. The lowest BCUT2D eigenvalue weighted by atomic mass is 9.94. The third-order valence-electron chi connectivity index (χ3n) is 3.00. The Hall–Kier alpha value is -1.45. The second-order valence-electron chi connectivity index (χ2n) is 4.31. The summed E-state index contributed by atoms with van der Waals surface area (Å²) in [6.45, 7) is 0. The molecule has 1 saturated carbocycles. The van der Waals surface area contributed by atoms with Crippen molar-refractivity contribution in [1.82, 2.24) is 14.8 Å². The van der Waals surface area contributed by atoms with Crippen LogP contribution in [-0.2, 0) is 18.3 Å². The number of hydrogen-bond donors (Lipinski definition) is 0. The molecule has 0 atom stereocenters. The largest absolute Gasteiger partial charge is 0.294 e. The van der Waals surface area contributed by atoms with E-state index in [1.165, 1.54) is 31.2 Å².